The van der Waals surface area contributed by atoms with Crippen molar-refractivity contribution in [3.8, 4) is 0 Å². The minimum Gasteiger partial charge on any atom is -0.340 e. The number of hydrogen-bond acceptors (Lipinski definition) is 4. The summed E-state index contributed by atoms with van der Waals surface area (Å²) in [5.74, 6) is -0.126. The van der Waals surface area contributed by atoms with Crippen LogP contribution >= 0.6 is 0 Å². The van der Waals surface area contributed by atoms with E-state index in [0.29, 0.717) is 18.7 Å². The van der Waals surface area contributed by atoms with Crippen molar-refractivity contribution in [2.45, 2.75) is 19.5 Å². The predicted octanol–water partition coefficient (Wildman–Crippen LogP) is 1.15. The van der Waals surface area contributed by atoms with Crippen molar-refractivity contribution in [3.05, 3.63) is 48.0 Å². The molecule has 0 aliphatic carbocycles. The van der Waals surface area contributed by atoms with Crippen LogP contribution in [0.15, 0.2) is 36.7 Å². The number of nitrogens with zero attached hydrogens (tertiary/aromatic N) is 5. The molecular formula is C16H20FN5O. The van der Waals surface area contributed by atoms with Gasteiger partial charge < -0.3 is 4.90 Å². The minimum absolute atomic E-state index is 0.0447. The van der Waals surface area contributed by atoms with Gasteiger partial charge in [-0.05, 0) is 12.5 Å². The molecule has 3 rings (SSSR count). The number of carbonyl (C=O) groups is 1. The summed E-state index contributed by atoms with van der Waals surface area (Å²) in [6.45, 7) is 3.78. The van der Waals surface area contributed by atoms with Gasteiger partial charge in [0.2, 0.25) is 5.91 Å². The molecule has 122 valence electrons. The van der Waals surface area contributed by atoms with Crippen molar-refractivity contribution in [3.63, 3.8) is 0 Å². The maximum atomic E-state index is 13.8. The number of aromatic nitrogens is 3. The Morgan fingerprint density at radius 3 is 2.83 bits per heavy atom. The lowest BCUT2D eigenvalue weighted by Gasteiger charge is -2.22. The van der Waals surface area contributed by atoms with E-state index in [9.17, 15) is 9.18 Å². The normalized spacial score (nSPS) is 16.3. The highest BCUT2D eigenvalue weighted by Gasteiger charge is 2.20. The van der Waals surface area contributed by atoms with Gasteiger partial charge in [-0.1, -0.05) is 23.4 Å². The summed E-state index contributed by atoms with van der Waals surface area (Å²) in [4.78, 5) is 16.3. The SMILES string of the molecule is O=C(Cn1ccnn1)N1CCCN(Cc2ccccc2F)CC1. The molecule has 2 aromatic rings. The molecule has 0 saturated carbocycles. The zero-order chi connectivity index (χ0) is 16.1. The maximum absolute atomic E-state index is 13.8. The molecule has 1 aromatic heterocycles. The first-order valence-electron chi connectivity index (χ1n) is 7.80. The van der Waals surface area contributed by atoms with Gasteiger partial charge in [-0.25, -0.2) is 9.07 Å². The van der Waals surface area contributed by atoms with E-state index in [1.807, 2.05) is 17.0 Å². The van der Waals surface area contributed by atoms with Crippen LogP contribution < -0.4 is 0 Å². The molecule has 1 amide bonds. The third kappa shape index (κ3) is 4.13. The van der Waals surface area contributed by atoms with Gasteiger partial charge in [-0.3, -0.25) is 9.69 Å². The summed E-state index contributed by atoms with van der Waals surface area (Å²) in [6, 6.07) is 6.85. The van der Waals surface area contributed by atoms with Crippen molar-refractivity contribution in [2.24, 2.45) is 0 Å². The lowest BCUT2D eigenvalue weighted by molar-refractivity contribution is -0.131. The molecule has 1 aliphatic rings. The minimum atomic E-state index is -0.170. The Labute approximate surface area is 134 Å². The first kappa shape index (κ1) is 15.6. The second-order valence-corrected chi connectivity index (χ2v) is 5.70. The first-order valence-corrected chi connectivity index (χ1v) is 7.80. The molecule has 1 fully saturated rings. The molecule has 0 atom stereocenters. The Morgan fingerprint density at radius 1 is 1.17 bits per heavy atom. The lowest BCUT2D eigenvalue weighted by atomic mass is 10.2. The van der Waals surface area contributed by atoms with E-state index in [-0.39, 0.29) is 18.3 Å². The molecule has 0 radical (unpaired) electrons. The average Bonchev–Trinajstić information content (AvgIpc) is 2.94. The molecule has 23 heavy (non-hydrogen) atoms. The van der Waals surface area contributed by atoms with E-state index in [1.165, 1.54) is 10.7 Å². The highest BCUT2D eigenvalue weighted by atomic mass is 19.1. The number of benzene rings is 1. The van der Waals surface area contributed by atoms with E-state index in [2.05, 4.69) is 15.2 Å². The van der Waals surface area contributed by atoms with Gasteiger partial charge in [0, 0.05) is 44.5 Å². The Kier molecular flexibility index (Phi) is 4.97. The molecule has 0 N–H and O–H groups in total. The van der Waals surface area contributed by atoms with Crippen LogP contribution in [0.5, 0.6) is 0 Å². The van der Waals surface area contributed by atoms with Crippen molar-refractivity contribution in [1.82, 2.24) is 24.8 Å². The molecular weight excluding hydrogens is 297 g/mol. The number of carbonyl (C=O) groups excluding carboxylic acids is 1. The predicted molar refractivity (Wildman–Crippen MR) is 82.9 cm³/mol. The van der Waals surface area contributed by atoms with Crippen LogP contribution in [0, 0.1) is 5.82 Å². The van der Waals surface area contributed by atoms with Gasteiger partial charge in [-0.15, -0.1) is 5.10 Å². The van der Waals surface area contributed by atoms with Gasteiger partial charge in [0.25, 0.3) is 0 Å². The van der Waals surface area contributed by atoms with E-state index >= 15 is 0 Å². The van der Waals surface area contributed by atoms with Crippen LogP contribution in [0.4, 0.5) is 4.39 Å². The van der Waals surface area contributed by atoms with Crippen molar-refractivity contribution >= 4 is 5.91 Å². The third-order valence-corrected chi connectivity index (χ3v) is 4.06. The quantitative estimate of drug-likeness (QED) is 0.849. The highest BCUT2D eigenvalue weighted by molar-refractivity contribution is 5.75. The number of halogens is 1. The van der Waals surface area contributed by atoms with Crippen LogP contribution in [-0.2, 0) is 17.9 Å². The Bertz CT molecular complexity index is 646. The van der Waals surface area contributed by atoms with Crippen LogP contribution in [0.1, 0.15) is 12.0 Å². The monoisotopic (exact) mass is 317 g/mol. The number of rotatable bonds is 4. The van der Waals surface area contributed by atoms with Gasteiger partial charge in [-0.2, -0.15) is 0 Å². The van der Waals surface area contributed by atoms with Gasteiger partial charge in [0.05, 0.1) is 6.20 Å². The molecule has 2 heterocycles. The highest BCUT2D eigenvalue weighted by Crippen LogP contribution is 2.12. The fourth-order valence-electron chi connectivity index (χ4n) is 2.80. The molecule has 1 aliphatic heterocycles. The second kappa shape index (κ2) is 7.32. The molecule has 1 aromatic carbocycles. The fourth-order valence-corrected chi connectivity index (χ4v) is 2.80. The van der Waals surface area contributed by atoms with E-state index in [0.717, 1.165) is 26.1 Å². The Hall–Kier alpha value is -2.28. The summed E-state index contributed by atoms with van der Waals surface area (Å²) in [7, 11) is 0. The molecule has 6 nitrogen and oxygen atoms in total. The van der Waals surface area contributed by atoms with Crippen LogP contribution in [0.3, 0.4) is 0 Å². The van der Waals surface area contributed by atoms with Crippen LogP contribution in [0.25, 0.3) is 0 Å². The number of hydrogen-bond donors (Lipinski definition) is 0. The smallest absolute Gasteiger partial charge is 0.244 e. The van der Waals surface area contributed by atoms with Crippen LogP contribution in [-0.4, -0.2) is 56.9 Å². The molecule has 7 heteroatoms. The average molecular weight is 317 g/mol. The van der Waals surface area contributed by atoms with Crippen molar-refractivity contribution in [1.29, 1.82) is 0 Å². The van der Waals surface area contributed by atoms with Gasteiger partial charge in [0.1, 0.15) is 12.4 Å². The third-order valence-electron chi connectivity index (χ3n) is 4.06. The molecule has 0 bridgehead atoms. The zero-order valence-electron chi connectivity index (χ0n) is 12.9. The summed E-state index contributed by atoms with van der Waals surface area (Å²) in [6.07, 6.45) is 4.13. The molecule has 1 saturated heterocycles. The standard InChI is InChI=1S/C16H20FN5O/c17-15-5-2-1-4-14(15)12-20-7-3-8-21(11-10-20)16(23)13-22-9-6-18-19-22/h1-2,4-6,9H,3,7-8,10-13H2. The summed E-state index contributed by atoms with van der Waals surface area (Å²) in [5, 5.41) is 7.53. The van der Waals surface area contributed by atoms with E-state index in [1.54, 1.807) is 18.5 Å². The number of amides is 1. The maximum Gasteiger partial charge on any atom is 0.244 e. The van der Waals surface area contributed by atoms with Gasteiger partial charge in [0.15, 0.2) is 0 Å². The summed E-state index contributed by atoms with van der Waals surface area (Å²) < 4.78 is 15.3. The van der Waals surface area contributed by atoms with E-state index in [4.69, 9.17) is 0 Å². The Morgan fingerprint density at radius 2 is 2.04 bits per heavy atom. The zero-order valence-corrected chi connectivity index (χ0v) is 12.9. The van der Waals surface area contributed by atoms with E-state index < -0.39 is 0 Å². The summed E-state index contributed by atoms with van der Waals surface area (Å²) in [5.41, 5.74) is 0.704. The topological polar surface area (TPSA) is 54.3 Å². The summed E-state index contributed by atoms with van der Waals surface area (Å²) >= 11 is 0. The largest absolute Gasteiger partial charge is 0.340 e. The van der Waals surface area contributed by atoms with Crippen molar-refractivity contribution < 1.29 is 9.18 Å². The Balaban J connectivity index is 1.54. The molecule has 0 spiro atoms. The van der Waals surface area contributed by atoms with Crippen LogP contribution in [0.2, 0.25) is 0 Å². The van der Waals surface area contributed by atoms with Gasteiger partial charge >= 0.3 is 0 Å². The van der Waals surface area contributed by atoms with Crippen molar-refractivity contribution in [2.75, 3.05) is 26.2 Å². The fraction of sp³-hybridized carbons (Fsp3) is 0.438. The first-order chi connectivity index (χ1) is 11.2. The molecule has 0 unspecified atom stereocenters. The second-order valence-electron chi connectivity index (χ2n) is 5.70. The lowest BCUT2D eigenvalue weighted by Crippen LogP contribution is -2.37.